The predicted octanol–water partition coefficient (Wildman–Crippen LogP) is 4.86. The fraction of sp³-hybridized carbons (Fsp3) is 0.258. The van der Waals surface area contributed by atoms with E-state index in [1.165, 1.54) is 4.90 Å². The van der Waals surface area contributed by atoms with Crippen molar-refractivity contribution in [3.63, 3.8) is 0 Å². The summed E-state index contributed by atoms with van der Waals surface area (Å²) >= 11 is 0. The highest BCUT2D eigenvalue weighted by Crippen LogP contribution is 2.55. The number of fused-ring (bicyclic) bond motifs is 6. The number of hydrogen-bond donors (Lipinski definition) is 0. The Labute approximate surface area is 219 Å². The molecule has 0 saturated carbocycles. The highest BCUT2D eigenvalue weighted by atomic mass is 16.7. The topological polar surface area (TPSA) is 82.1 Å². The van der Waals surface area contributed by atoms with Gasteiger partial charge < -0.3 is 14.2 Å². The maximum absolute atomic E-state index is 14.2. The molecule has 0 N–H and O–H groups in total. The van der Waals surface area contributed by atoms with E-state index in [0.717, 1.165) is 33.4 Å². The van der Waals surface area contributed by atoms with E-state index < -0.39 is 29.6 Å². The number of benzene rings is 3. The molecule has 0 unspecified atom stereocenters. The zero-order chi connectivity index (χ0) is 26.3. The SMILES string of the molecule is Cc1ccc2c(c1)OC(=O)[C@@H]1C2=C[C@H](c2ccc3c(c2)OCO3)[C@H]2C(=O)N(c3cc(C)ccc3C)C(=O)[C@H]12. The highest BCUT2D eigenvalue weighted by molar-refractivity contribution is 6.25. The molecule has 1 aliphatic carbocycles. The van der Waals surface area contributed by atoms with E-state index >= 15 is 0 Å². The summed E-state index contributed by atoms with van der Waals surface area (Å²) in [5.74, 6) is -2.45. The van der Waals surface area contributed by atoms with Crippen molar-refractivity contribution in [2.75, 3.05) is 11.7 Å². The molecule has 4 atom stereocenters. The predicted molar refractivity (Wildman–Crippen MR) is 139 cm³/mol. The molecule has 38 heavy (non-hydrogen) atoms. The third kappa shape index (κ3) is 3.17. The first-order valence-electron chi connectivity index (χ1n) is 12.7. The van der Waals surface area contributed by atoms with Crippen LogP contribution >= 0.6 is 0 Å². The molecule has 4 aliphatic rings. The zero-order valence-corrected chi connectivity index (χ0v) is 21.2. The summed E-state index contributed by atoms with van der Waals surface area (Å²) in [6, 6.07) is 17.0. The lowest BCUT2D eigenvalue weighted by Crippen LogP contribution is -2.42. The number of imide groups is 1. The van der Waals surface area contributed by atoms with Crippen molar-refractivity contribution in [3.8, 4) is 17.2 Å². The second kappa shape index (κ2) is 8.05. The van der Waals surface area contributed by atoms with E-state index in [9.17, 15) is 14.4 Å². The normalized spacial score (nSPS) is 25.0. The van der Waals surface area contributed by atoms with Crippen molar-refractivity contribution >= 4 is 29.0 Å². The van der Waals surface area contributed by atoms with Gasteiger partial charge in [0.05, 0.1) is 23.4 Å². The molecule has 0 radical (unpaired) electrons. The van der Waals surface area contributed by atoms with Gasteiger partial charge in [0, 0.05) is 11.5 Å². The number of hydrogen-bond acceptors (Lipinski definition) is 6. The monoisotopic (exact) mass is 507 g/mol. The summed E-state index contributed by atoms with van der Waals surface area (Å²) in [5, 5.41) is 0. The van der Waals surface area contributed by atoms with Gasteiger partial charge in [-0.2, -0.15) is 0 Å². The third-order valence-corrected chi connectivity index (χ3v) is 8.14. The number of carbonyl (C=O) groups excluding carboxylic acids is 3. The summed E-state index contributed by atoms with van der Waals surface area (Å²) in [6.45, 7) is 5.87. The average Bonchev–Trinajstić information content (AvgIpc) is 3.46. The molecular formula is C31H25NO6. The molecule has 2 amide bonds. The molecule has 3 heterocycles. The molecule has 7 nitrogen and oxygen atoms in total. The number of carbonyl (C=O) groups is 3. The van der Waals surface area contributed by atoms with Gasteiger partial charge in [0.15, 0.2) is 11.5 Å². The second-order valence-corrected chi connectivity index (χ2v) is 10.5. The highest BCUT2D eigenvalue weighted by Gasteiger charge is 2.60. The number of ether oxygens (including phenoxy) is 3. The Kier molecular flexibility index (Phi) is 4.83. The van der Waals surface area contributed by atoms with Gasteiger partial charge in [-0.05, 0) is 72.9 Å². The maximum atomic E-state index is 14.2. The number of amides is 2. The van der Waals surface area contributed by atoms with Crippen molar-refractivity contribution < 1.29 is 28.6 Å². The van der Waals surface area contributed by atoms with Gasteiger partial charge in [-0.3, -0.25) is 14.4 Å². The van der Waals surface area contributed by atoms with E-state index in [0.29, 0.717) is 22.9 Å². The van der Waals surface area contributed by atoms with Gasteiger partial charge in [0.1, 0.15) is 5.75 Å². The Balaban J connectivity index is 1.44. The summed E-state index contributed by atoms with van der Waals surface area (Å²) in [4.78, 5) is 43.1. The van der Waals surface area contributed by atoms with Crippen LogP contribution in [-0.4, -0.2) is 24.6 Å². The van der Waals surface area contributed by atoms with Crippen molar-refractivity contribution in [1.82, 2.24) is 0 Å². The molecular weight excluding hydrogens is 482 g/mol. The minimum atomic E-state index is -0.889. The molecule has 1 saturated heterocycles. The van der Waals surface area contributed by atoms with Crippen molar-refractivity contribution in [1.29, 1.82) is 0 Å². The van der Waals surface area contributed by atoms with Crippen LogP contribution in [0.5, 0.6) is 17.2 Å². The number of esters is 1. The largest absolute Gasteiger partial charge is 0.454 e. The Hall–Kier alpha value is -4.39. The van der Waals surface area contributed by atoms with Crippen LogP contribution in [0.3, 0.4) is 0 Å². The van der Waals surface area contributed by atoms with Crippen LogP contribution < -0.4 is 19.1 Å². The fourth-order valence-electron chi connectivity index (χ4n) is 6.31. The first-order valence-corrected chi connectivity index (χ1v) is 12.7. The van der Waals surface area contributed by atoms with E-state index in [1.807, 2.05) is 81.4 Å². The molecule has 0 aromatic heterocycles. The van der Waals surface area contributed by atoms with Gasteiger partial charge in [-0.1, -0.05) is 36.4 Å². The lowest BCUT2D eigenvalue weighted by Gasteiger charge is -2.38. The Bertz CT molecular complexity index is 1600. The summed E-state index contributed by atoms with van der Waals surface area (Å²) in [6.07, 6.45) is 1.98. The first-order chi connectivity index (χ1) is 18.3. The number of anilines is 1. The number of rotatable bonds is 2. The zero-order valence-electron chi connectivity index (χ0n) is 21.2. The van der Waals surface area contributed by atoms with Crippen LogP contribution in [0.1, 0.15) is 33.7 Å². The van der Waals surface area contributed by atoms with Crippen molar-refractivity contribution in [2.45, 2.75) is 26.7 Å². The molecule has 7 heteroatoms. The molecule has 0 spiro atoms. The van der Waals surface area contributed by atoms with Gasteiger partial charge in [0.25, 0.3) is 0 Å². The summed E-state index contributed by atoms with van der Waals surface area (Å²) in [7, 11) is 0. The van der Waals surface area contributed by atoms with Crippen molar-refractivity contribution in [2.24, 2.45) is 17.8 Å². The number of allylic oxidation sites excluding steroid dienone is 1. The summed E-state index contributed by atoms with van der Waals surface area (Å²) < 4.78 is 16.9. The van der Waals surface area contributed by atoms with E-state index in [2.05, 4.69) is 0 Å². The Morgan fingerprint density at radius 3 is 2.34 bits per heavy atom. The van der Waals surface area contributed by atoms with Gasteiger partial charge in [0.2, 0.25) is 18.6 Å². The molecule has 7 rings (SSSR count). The molecule has 0 bridgehead atoms. The quantitative estimate of drug-likeness (QED) is 0.280. The molecule has 3 aromatic rings. The van der Waals surface area contributed by atoms with Crippen LogP contribution in [0, 0.1) is 38.5 Å². The van der Waals surface area contributed by atoms with Gasteiger partial charge in [-0.25, -0.2) is 4.90 Å². The van der Waals surface area contributed by atoms with Crippen LogP contribution in [-0.2, 0) is 14.4 Å². The minimum Gasteiger partial charge on any atom is -0.454 e. The smallest absolute Gasteiger partial charge is 0.319 e. The maximum Gasteiger partial charge on any atom is 0.319 e. The molecule has 3 aliphatic heterocycles. The second-order valence-electron chi connectivity index (χ2n) is 10.5. The lowest BCUT2D eigenvalue weighted by molar-refractivity contribution is -0.142. The van der Waals surface area contributed by atoms with Crippen LogP contribution in [0.15, 0.2) is 60.7 Å². The standard InChI is InChI=1S/C31H25NO6/c1-15-4-6-17(3)22(10-15)32-29(33)26-20(18-7-9-23-25(12-18)37-14-36-23)13-21-19-8-5-16(2)11-24(19)38-31(35)27(21)28(26)30(32)34/h4-13,20,26-28H,14H2,1-3H3/t20-,26-,27-,28+/m1/s1. The number of nitrogens with zero attached hydrogens (tertiary/aromatic N) is 1. The fourth-order valence-corrected chi connectivity index (χ4v) is 6.31. The van der Waals surface area contributed by atoms with Crippen LogP contribution in [0.4, 0.5) is 5.69 Å². The third-order valence-electron chi connectivity index (χ3n) is 8.14. The van der Waals surface area contributed by atoms with Crippen LogP contribution in [0.2, 0.25) is 0 Å². The summed E-state index contributed by atoms with van der Waals surface area (Å²) in [5.41, 5.74) is 5.60. The average molecular weight is 508 g/mol. The van der Waals surface area contributed by atoms with E-state index in [1.54, 1.807) is 0 Å². The first kappa shape index (κ1) is 22.8. The Morgan fingerprint density at radius 2 is 1.50 bits per heavy atom. The molecule has 1 fully saturated rings. The van der Waals surface area contributed by atoms with E-state index in [4.69, 9.17) is 14.2 Å². The molecule has 190 valence electrons. The van der Waals surface area contributed by atoms with Crippen LogP contribution in [0.25, 0.3) is 5.57 Å². The van der Waals surface area contributed by atoms with Gasteiger partial charge in [-0.15, -0.1) is 0 Å². The van der Waals surface area contributed by atoms with Gasteiger partial charge >= 0.3 is 5.97 Å². The minimum absolute atomic E-state index is 0.134. The van der Waals surface area contributed by atoms with E-state index in [-0.39, 0.29) is 18.6 Å². The Morgan fingerprint density at radius 1 is 0.763 bits per heavy atom. The lowest BCUT2D eigenvalue weighted by atomic mass is 9.64. The van der Waals surface area contributed by atoms with Crippen molar-refractivity contribution in [3.05, 3.63) is 88.5 Å². The molecule has 3 aromatic carbocycles. The number of aryl methyl sites for hydroxylation is 3.